The molecule has 10 heteroatoms. The normalized spacial score (nSPS) is 13.6. The van der Waals surface area contributed by atoms with Gasteiger partial charge in [-0.15, -0.1) is 0 Å². The number of nitrogens with zero attached hydrogens (tertiary/aromatic N) is 2. The van der Waals surface area contributed by atoms with E-state index in [0.717, 1.165) is 23.1 Å². The van der Waals surface area contributed by atoms with Crippen LogP contribution in [-0.4, -0.2) is 27.6 Å². The smallest absolute Gasteiger partial charge is 0.383 e. The predicted octanol–water partition coefficient (Wildman–Crippen LogP) is 3.60. The minimum absolute atomic E-state index is 0.0252. The number of aryl methyl sites for hydroxylation is 1. The van der Waals surface area contributed by atoms with Gasteiger partial charge in [-0.05, 0) is 43.0 Å². The van der Waals surface area contributed by atoms with Gasteiger partial charge in [-0.3, -0.25) is 9.59 Å². The van der Waals surface area contributed by atoms with Crippen LogP contribution in [0.1, 0.15) is 50.4 Å². The van der Waals surface area contributed by atoms with Crippen LogP contribution in [0, 0.1) is 6.92 Å². The maximum Gasteiger partial charge on any atom is 0.436 e. The van der Waals surface area contributed by atoms with E-state index in [9.17, 15) is 22.8 Å². The van der Waals surface area contributed by atoms with Crippen molar-refractivity contribution in [3.8, 4) is 5.69 Å². The molecule has 0 atom stereocenters. The number of amides is 2. The molecule has 0 unspecified atom stereocenters. The van der Waals surface area contributed by atoms with Crippen molar-refractivity contribution in [1.82, 2.24) is 20.4 Å². The molecule has 0 radical (unpaired) electrons. The zero-order valence-electron chi connectivity index (χ0n) is 17.7. The van der Waals surface area contributed by atoms with E-state index in [1.54, 1.807) is 49.4 Å². The van der Waals surface area contributed by atoms with Gasteiger partial charge in [-0.2, -0.15) is 18.3 Å². The van der Waals surface area contributed by atoms with Crippen LogP contribution in [0.4, 0.5) is 19.0 Å². The van der Waals surface area contributed by atoms with Gasteiger partial charge in [0.2, 0.25) is 0 Å². The lowest BCUT2D eigenvalue weighted by molar-refractivity contribution is -0.141. The number of nitrogen functional groups attached to an aromatic ring is 1. The summed E-state index contributed by atoms with van der Waals surface area (Å²) >= 11 is 0. The van der Waals surface area contributed by atoms with Crippen LogP contribution in [0.25, 0.3) is 5.69 Å². The Hall–Kier alpha value is -3.82. The van der Waals surface area contributed by atoms with Gasteiger partial charge < -0.3 is 16.4 Å². The fourth-order valence-corrected chi connectivity index (χ4v) is 3.38. The molecule has 4 N–H and O–H groups in total. The topological polar surface area (TPSA) is 102 Å². The van der Waals surface area contributed by atoms with Crippen molar-refractivity contribution in [3.63, 3.8) is 0 Å². The number of carbonyl (C=O) groups excluding carboxylic acids is 2. The summed E-state index contributed by atoms with van der Waals surface area (Å²) in [4.78, 5) is 25.1. The molecular weight excluding hydrogens is 435 g/mol. The zero-order valence-corrected chi connectivity index (χ0v) is 17.7. The molecule has 4 rings (SSSR count). The minimum atomic E-state index is -4.91. The van der Waals surface area contributed by atoms with Gasteiger partial charge in [0, 0.05) is 18.2 Å². The summed E-state index contributed by atoms with van der Waals surface area (Å²) in [6.45, 7) is 1.68. The molecule has 1 heterocycles. The Morgan fingerprint density at radius 2 is 1.82 bits per heavy atom. The summed E-state index contributed by atoms with van der Waals surface area (Å²) < 4.78 is 42.2. The van der Waals surface area contributed by atoms with Gasteiger partial charge in [0.05, 0.1) is 5.69 Å². The molecule has 1 aliphatic rings. The molecule has 2 aromatic carbocycles. The van der Waals surface area contributed by atoms with Crippen molar-refractivity contribution in [2.75, 3.05) is 5.73 Å². The average Bonchev–Trinajstić information content (AvgIpc) is 3.52. The Labute approximate surface area is 187 Å². The maximum absolute atomic E-state index is 13.8. The summed E-state index contributed by atoms with van der Waals surface area (Å²) in [5, 5.41) is 8.94. The number of nitrogens with one attached hydrogen (secondary N) is 2. The standard InChI is InChI=1S/C23H22F3N5O2/c1-13-7-8-15(21(32)29-16-9-10-16)11-17(13)31-20(27)18(19(30-31)23(24,25)26)22(33)28-12-14-5-3-2-4-6-14/h2-8,11,16H,9-10,12,27H2,1H3,(H,28,33)(H,29,32). The molecule has 3 aromatic rings. The average molecular weight is 457 g/mol. The third-order valence-corrected chi connectivity index (χ3v) is 5.32. The molecule has 172 valence electrons. The van der Waals surface area contributed by atoms with E-state index >= 15 is 0 Å². The van der Waals surface area contributed by atoms with E-state index in [-0.39, 0.29) is 29.7 Å². The van der Waals surface area contributed by atoms with Crippen molar-refractivity contribution >= 4 is 17.6 Å². The molecule has 1 aromatic heterocycles. The number of hydrogen-bond donors (Lipinski definition) is 3. The lowest BCUT2D eigenvalue weighted by Gasteiger charge is -2.11. The number of alkyl halides is 3. The highest BCUT2D eigenvalue weighted by Crippen LogP contribution is 2.35. The number of nitrogens with two attached hydrogens (primary N) is 1. The van der Waals surface area contributed by atoms with E-state index in [2.05, 4.69) is 15.7 Å². The maximum atomic E-state index is 13.8. The van der Waals surface area contributed by atoms with Gasteiger partial charge in [0.25, 0.3) is 11.8 Å². The van der Waals surface area contributed by atoms with Crippen molar-refractivity contribution in [2.24, 2.45) is 0 Å². The quantitative estimate of drug-likeness (QED) is 0.526. The molecule has 1 saturated carbocycles. The lowest BCUT2D eigenvalue weighted by atomic mass is 10.1. The monoisotopic (exact) mass is 457 g/mol. The molecule has 1 aliphatic carbocycles. The van der Waals surface area contributed by atoms with Gasteiger partial charge in [-0.25, -0.2) is 4.68 Å². The molecule has 0 spiro atoms. The highest BCUT2D eigenvalue weighted by molar-refractivity contribution is 6.00. The fraction of sp³-hybridized carbons (Fsp3) is 0.261. The second-order valence-electron chi connectivity index (χ2n) is 7.94. The van der Waals surface area contributed by atoms with Crippen LogP contribution >= 0.6 is 0 Å². The minimum Gasteiger partial charge on any atom is -0.383 e. The number of rotatable bonds is 6. The van der Waals surface area contributed by atoms with Gasteiger partial charge >= 0.3 is 6.18 Å². The molecule has 1 fully saturated rings. The molecule has 7 nitrogen and oxygen atoms in total. The third kappa shape index (κ3) is 4.84. The first kappa shape index (κ1) is 22.4. The summed E-state index contributed by atoms with van der Waals surface area (Å²) in [7, 11) is 0. The molecular formula is C23H22F3N5O2. The van der Waals surface area contributed by atoms with Crippen molar-refractivity contribution in [3.05, 3.63) is 76.5 Å². The molecule has 0 saturated heterocycles. The largest absolute Gasteiger partial charge is 0.436 e. The van der Waals surface area contributed by atoms with Crippen LogP contribution in [-0.2, 0) is 12.7 Å². The van der Waals surface area contributed by atoms with Crippen LogP contribution in [0.3, 0.4) is 0 Å². The summed E-state index contributed by atoms with van der Waals surface area (Å²) in [5.41, 5.74) is 5.58. The molecule has 0 aliphatic heterocycles. The fourth-order valence-electron chi connectivity index (χ4n) is 3.38. The summed E-state index contributed by atoms with van der Waals surface area (Å²) in [5.74, 6) is -1.78. The molecule has 2 amide bonds. The highest BCUT2D eigenvalue weighted by atomic mass is 19.4. The SMILES string of the molecule is Cc1ccc(C(=O)NC2CC2)cc1-n1nc(C(F)(F)F)c(C(=O)NCc2ccccc2)c1N. The van der Waals surface area contributed by atoms with Gasteiger partial charge in [0.15, 0.2) is 5.69 Å². The Kier molecular flexibility index (Phi) is 5.84. The lowest BCUT2D eigenvalue weighted by Crippen LogP contribution is -2.26. The molecule has 0 bridgehead atoms. The summed E-state index contributed by atoms with van der Waals surface area (Å²) in [6.07, 6.45) is -3.12. The van der Waals surface area contributed by atoms with Crippen molar-refractivity contribution in [2.45, 2.75) is 38.5 Å². The van der Waals surface area contributed by atoms with E-state index in [4.69, 9.17) is 5.73 Å². The number of halogens is 3. The highest BCUT2D eigenvalue weighted by Gasteiger charge is 2.41. The summed E-state index contributed by atoms with van der Waals surface area (Å²) in [6, 6.07) is 13.5. The van der Waals surface area contributed by atoms with E-state index in [1.807, 2.05) is 0 Å². The number of hydrogen-bond acceptors (Lipinski definition) is 4. The van der Waals surface area contributed by atoms with Crippen LogP contribution in [0.15, 0.2) is 48.5 Å². The Morgan fingerprint density at radius 3 is 2.45 bits per heavy atom. The van der Waals surface area contributed by atoms with Crippen LogP contribution < -0.4 is 16.4 Å². The van der Waals surface area contributed by atoms with Gasteiger partial charge in [-0.1, -0.05) is 36.4 Å². The Morgan fingerprint density at radius 1 is 1.12 bits per heavy atom. The van der Waals surface area contributed by atoms with Gasteiger partial charge in [0.1, 0.15) is 11.4 Å². The van der Waals surface area contributed by atoms with Crippen molar-refractivity contribution in [1.29, 1.82) is 0 Å². The first-order chi connectivity index (χ1) is 15.6. The third-order valence-electron chi connectivity index (χ3n) is 5.32. The Balaban J connectivity index is 1.70. The number of anilines is 1. The van der Waals surface area contributed by atoms with E-state index in [1.165, 1.54) is 6.07 Å². The first-order valence-electron chi connectivity index (χ1n) is 10.3. The second kappa shape index (κ2) is 8.61. The van der Waals surface area contributed by atoms with E-state index in [0.29, 0.717) is 5.56 Å². The van der Waals surface area contributed by atoms with Crippen LogP contribution in [0.5, 0.6) is 0 Å². The van der Waals surface area contributed by atoms with Crippen LogP contribution in [0.2, 0.25) is 0 Å². The number of carbonyl (C=O) groups is 2. The first-order valence-corrected chi connectivity index (χ1v) is 10.3. The molecule has 33 heavy (non-hydrogen) atoms. The number of aromatic nitrogens is 2. The Bertz CT molecular complexity index is 1200. The van der Waals surface area contributed by atoms with E-state index < -0.39 is 29.2 Å². The number of benzene rings is 2. The predicted molar refractivity (Wildman–Crippen MR) is 116 cm³/mol. The second-order valence-corrected chi connectivity index (χ2v) is 7.94. The van der Waals surface area contributed by atoms with Crippen molar-refractivity contribution < 1.29 is 22.8 Å². The zero-order chi connectivity index (χ0) is 23.8.